The van der Waals surface area contributed by atoms with Crippen LogP contribution in [0.25, 0.3) is 0 Å². The van der Waals surface area contributed by atoms with Crippen molar-refractivity contribution in [3.05, 3.63) is 30.1 Å². The highest BCUT2D eigenvalue weighted by Crippen LogP contribution is 2.30. The Hall–Kier alpha value is -0.890. The summed E-state index contributed by atoms with van der Waals surface area (Å²) < 4.78 is 0. The second-order valence-corrected chi connectivity index (χ2v) is 6.68. The summed E-state index contributed by atoms with van der Waals surface area (Å²) in [4.78, 5) is 4.14. The molecule has 1 atom stereocenters. The summed E-state index contributed by atoms with van der Waals surface area (Å²) in [5, 5.41) is 3.57. The molecule has 0 fully saturated rings. The van der Waals surface area contributed by atoms with Gasteiger partial charge in [0.15, 0.2) is 0 Å². The van der Waals surface area contributed by atoms with Crippen molar-refractivity contribution in [1.29, 1.82) is 0 Å². The highest BCUT2D eigenvalue weighted by molar-refractivity contribution is 5.07. The molecule has 0 radical (unpaired) electrons. The van der Waals surface area contributed by atoms with Crippen molar-refractivity contribution in [1.82, 2.24) is 10.3 Å². The predicted octanol–water partition coefficient (Wildman–Crippen LogP) is 3.88. The minimum atomic E-state index is 0.367. The maximum absolute atomic E-state index is 4.14. The van der Waals surface area contributed by atoms with Crippen molar-refractivity contribution in [3.63, 3.8) is 0 Å². The Bertz CT molecular complexity index is 325. The van der Waals surface area contributed by atoms with Crippen LogP contribution in [0.15, 0.2) is 24.5 Å². The molecule has 0 aliphatic heterocycles. The SMILES string of the molecule is CC(C)CC(CNCc1cccnc1)C(C)(C)C. The molecule has 0 amide bonds. The number of nitrogens with zero attached hydrogens (tertiary/aromatic N) is 1. The van der Waals surface area contributed by atoms with Crippen molar-refractivity contribution >= 4 is 0 Å². The molecule has 0 aromatic carbocycles. The first kappa shape index (κ1) is 15.2. The van der Waals surface area contributed by atoms with E-state index in [9.17, 15) is 0 Å². The normalized spacial score (nSPS) is 13.9. The van der Waals surface area contributed by atoms with Gasteiger partial charge in [-0.3, -0.25) is 4.98 Å². The quantitative estimate of drug-likeness (QED) is 0.826. The maximum Gasteiger partial charge on any atom is 0.0312 e. The van der Waals surface area contributed by atoms with E-state index in [1.54, 1.807) is 0 Å². The van der Waals surface area contributed by atoms with E-state index in [0.717, 1.165) is 19.0 Å². The van der Waals surface area contributed by atoms with Crippen molar-refractivity contribution in [2.75, 3.05) is 6.54 Å². The molecule has 102 valence electrons. The molecule has 1 rings (SSSR count). The molecule has 1 aromatic heterocycles. The lowest BCUT2D eigenvalue weighted by molar-refractivity contribution is 0.198. The van der Waals surface area contributed by atoms with Gasteiger partial charge in [-0.15, -0.1) is 0 Å². The van der Waals surface area contributed by atoms with Crippen LogP contribution in [0.1, 0.15) is 46.6 Å². The van der Waals surface area contributed by atoms with Gasteiger partial charge in [0.1, 0.15) is 0 Å². The van der Waals surface area contributed by atoms with Gasteiger partial charge < -0.3 is 5.32 Å². The minimum Gasteiger partial charge on any atom is -0.312 e. The third-order valence-corrected chi connectivity index (χ3v) is 3.42. The van der Waals surface area contributed by atoms with Gasteiger partial charge in [0.2, 0.25) is 0 Å². The monoisotopic (exact) mass is 248 g/mol. The number of rotatable bonds is 6. The van der Waals surface area contributed by atoms with Gasteiger partial charge in [-0.25, -0.2) is 0 Å². The standard InChI is InChI=1S/C16H28N2/c1-13(2)9-15(16(3,4)5)12-18-11-14-7-6-8-17-10-14/h6-8,10,13,15,18H,9,11-12H2,1-5H3. The predicted molar refractivity (Wildman–Crippen MR) is 78.3 cm³/mol. The summed E-state index contributed by atoms with van der Waals surface area (Å²) in [5.41, 5.74) is 1.63. The van der Waals surface area contributed by atoms with E-state index in [0.29, 0.717) is 11.3 Å². The van der Waals surface area contributed by atoms with Gasteiger partial charge in [-0.1, -0.05) is 40.7 Å². The average Bonchev–Trinajstić information content (AvgIpc) is 2.27. The third-order valence-electron chi connectivity index (χ3n) is 3.42. The number of nitrogens with one attached hydrogen (secondary N) is 1. The minimum absolute atomic E-state index is 0.367. The molecule has 0 aliphatic rings. The second kappa shape index (κ2) is 6.89. The van der Waals surface area contributed by atoms with E-state index in [4.69, 9.17) is 0 Å². The van der Waals surface area contributed by atoms with Crippen LogP contribution in [0.5, 0.6) is 0 Å². The van der Waals surface area contributed by atoms with Gasteiger partial charge in [0.05, 0.1) is 0 Å². The molecule has 1 N–H and O–H groups in total. The van der Waals surface area contributed by atoms with Crippen molar-refractivity contribution < 1.29 is 0 Å². The fourth-order valence-corrected chi connectivity index (χ4v) is 2.21. The lowest BCUT2D eigenvalue weighted by atomic mass is 9.76. The van der Waals surface area contributed by atoms with Crippen LogP contribution in [0.3, 0.4) is 0 Å². The van der Waals surface area contributed by atoms with Gasteiger partial charge in [-0.05, 0) is 41.8 Å². The zero-order chi connectivity index (χ0) is 13.6. The van der Waals surface area contributed by atoms with Crippen molar-refractivity contribution in [3.8, 4) is 0 Å². The van der Waals surface area contributed by atoms with Gasteiger partial charge in [0, 0.05) is 18.9 Å². The molecular formula is C16H28N2. The Morgan fingerprint density at radius 1 is 1.28 bits per heavy atom. The molecule has 0 saturated heterocycles. The van der Waals surface area contributed by atoms with E-state index in [-0.39, 0.29) is 0 Å². The molecule has 2 heteroatoms. The number of hydrogen-bond acceptors (Lipinski definition) is 2. The lowest BCUT2D eigenvalue weighted by Crippen LogP contribution is -2.32. The van der Waals surface area contributed by atoms with E-state index in [1.807, 2.05) is 18.5 Å². The van der Waals surface area contributed by atoms with Crippen molar-refractivity contribution in [2.24, 2.45) is 17.3 Å². The molecule has 1 unspecified atom stereocenters. The Labute approximate surface area is 112 Å². The van der Waals surface area contributed by atoms with E-state index in [2.05, 4.69) is 51.0 Å². The lowest BCUT2D eigenvalue weighted by Gasteiger charge is -2.32. The summed E-state index contributed by atoms with van der Waals surface area (Å²) in [7, 11) is 0. The van der Waals surface area contributed by atoms with Gasteiger partial charge in [-0.2, -0.15) is 0 Å². The third kappa shape index (κ3) is 5.63. The van der Waals surface area contributed by atoms with Crippen LogP contribution in [0, 0.1) is 17.3 Å². The highest BCUT2D eigenvalue weighted by Gasteiger charge is 2.24. The van der Waals surface area contributed by atoms with Crippen LogP contribution in [0.2, 0.25) is 0 Å². The summed E-state index contributed by atoms with van der Waals surface area (Å²) in [6, 6.07) is 4.11. The summed E-state index contributed by atoms with van der Waals surface area (Å²) >= 11 is 0. The average molecular weight is 248 g/mol. The molecule has 2 nitrogen and oxygen atoms in total. The van der Waals surface area contributed by atoms with Crippen LogP contribution >= 0.6 is 0 Å². The van der Waals surface area contributed by atoms with Crippen LogP contribution < -0.4 is 5.32 Å². The summed E-state index contributed by atoms with van der Waals surface area (Å²) in [5.74, 6) is 1.48. The molecular weight excluding hydrogens is 220 g/mol. The van der Waals surface area contributed by atoms with Crippen LogP contribution in [-0.2, 0) is 6.54 Å². The first-order valence-corrected chi connectivity index (χ1v) is 6.99. The maximum atomic E-state index is 4.14. The Balaban J connectivity index is 2.43. The van der Waals surface area contributed by atoms with E-state index >= 15 is 0 Å². The molecule has 1 aromatic rings. The van der Waals surface area contributed by atoms with Crippen LogP contribution in [0.4, 0.5) is 0 Å². The fraction of sp³-hybridized carbons (Fsp3) is 0.688. The molecule has 0 spiro atoms. The Kier molecular flexibility index (Phi) is 5.80. The van der Waals surface area contributed by atoms with Gasteiger partial charge in [0.25, 0.3) is 0 Å². The molecule has 0 aliphatic carbocycles. The van der Waals surface area contributed by atoms with Crippen molar-refractivity contribution in [2.45, 2.75) is 47.6 Å². The number of pyridine rings is 1. The Morgan fingerprint density at radius 2 is 2.00 bits per heavy atom. The largest absolute Gasteiger partial charge is 0.312 e. The zero-order valence-electron chi connectivity index (χ0n) is 12.5. The van der Waals surface area contributed by atoms with E-state index < -0.39 is 0 Å². The second-order valence-electron chi connectivity index (χ2n) is 6.68. The Morgan fingerprint density at radius 3 is 2.50 bits per heavy atom. The summed E-state index contributed by atoms with van der Waals surface area (Å²) in [6.45, 7) is 13.6. The number of hydrogen-bond donors (Lipinski definition) is 1. The smallest absolute Gasteiger partial charge is 0.0312 e. The topological polar surface area (TPSA) is 24.9 Å². The first-order valence-electron chi connectivity index (χ1n) is 6.99. The molecule has 0 bridgehead atoms. The molecule has 1 heterocycles. The highest BCUT2D eigenvalue weighted by atomic mass is 14.9. The van der Waals surface area contributed by atoms with Gasteiger partial charge >= 0.3 is 0 Å². The molecule has 0 saturated carbocycles. The first-order chi connectivity index (χ1) is 8.39. The fourth-order valence-electron chi connectivity index (χ4n) is 2.21. The molecule has 18 heavy (non-hydrogen) atoms. The summed E-state index contributed by atoms with van der Waals surface area (Å²) in [6.07, 6.45) is 5.03. The van der Waals surface area contributed by atoms with E-state index in [1.165, 1.54) is 12.0 Å². The zero-order valence-corrected chi connectivity index (χ0v) is 12.5. The number of aromatic nitrogens is 1. The van der Waals surface area contributed by atoms with Crippen LogP contribution in [-0.4, -0.2) is 11.5 Å².